The molecule has 1 aromatic rings. The largest absolute Gasteiger partial charge is 0.486 e. The van der Waals surface area contributed by atoms with Crippen LogP contribution in [0.25, 0.3) is 0 Å². The van der Waals surface area contributed by atoms with Crippen LogP contribution in [0.5, 0.6) is 11.5 Å². The first-order valence-corrected chi connectivity index (χ1v) is 7.98. The van der Waals surface area contributed by atoms with Crippen molar-refractivity contribution in [2.45, 2.75) is 51.3 Å². The van der Waals surface area contributed by atoms with Crippen molar-refractivity contribution in [2.24, 2.45) is 0 Å². The van der Waals surface area contributed by atoms with E-state index in [0.29, 0.717) is 31.8 Å². The number of fused-ring (bicyclic) bond motifs is 1. The molecule has 0 radical (unpaired) electrons. The highest BCUT2D eigenvalue weighted by molar-refractivity contribution is 5.44. The fraction of sp³-hybridized carbons (Fsp3) is 0.647. The second-order valence-corrected chi connectivity index (χ2v) is 6.24. The standard InChI is InChI=1S/C17H25NO3/c1-12-4-3-5-13(2)18(12)11-15(19)14-6-7-16-17(10-14)21-9-8-20-16/h6-7,10,12-13,15,19H,3-5,8-9,11H2,1-2H3/t12-,13+,15?. The summed E-state index contributed by atoms with van der Waals surface area (Å²) in [6, 6.07) is 6.84. The van der Waals surface area contributed by atoms with Gasteiger partial charge < -0.3 is 14.6 Å². The van der Waals surface area contributed by atoms with E-state index >= 15 is 0 Å². The molecule has 4 heteroatoms. The average molecular weight is 291 g/mol. The Morgan fingerprint density at radius 2 is 1.81 bits per heavy atom. The molecule has 1 aromatic carbocycles. The van der Waals surface area contributed by atoms with Gasteiger partial charge in [-0.25, -0.2) is 0 Å². The average Bonchev–Trinajstić information content (AvgIpc) is 2.50. The number of β-amino-alcohol motifs (C(OH)–C–C–N with tert-alkyl or cyclic N) is 1. The first kappa shape index (κ1) is 14.7. The van der Waals surface area contributed by atoms with Gasteiger partial charge in [-0.3, -0.25) is 4.90 Å². The summed E-state index contributed by atoms with van der Waals surface area (Å²) < 4.78 is 11.1. The van der Waals surface area contributed by atoms with Gasteiger partial charge in [0.15, 0.2) is 11.5 Å². The fourth-order valence-corrected chi connectivity index (χ4v) is 3.41. The predicted octanol–water partition coefficient (Wildman–Crippen LogP) is 2.75. The molecule has 21 heavy (non-hydrogen) atoms. The lowest BCUT2D eigenvalue weighted by atomic mass is 9.96. The third-order valence-corrected chi connectivity index (χ3v) is 4.71. The molecule has 1 N–H and O–H groups in total. The van der Waals surface area contributed by atoms with Gasteiger partial charge in [0.1, 0.15) is 13.2 Å². The summed E-state index contributed by atoms with van der Waals surface area (Å²) in [6.07, 6.45) is 3.25. The number of aliphatic hydroxyl groups excluding tert-OH is 1. The van der Waals surface area contributed by atoms with Crippen LogP contribution in [0.4, 0.5) is 0 Å². The number of likely N-dealkylation sites (tertiary alicyclic amines) is 1. The summed E-state index contributed by atoms with van der Waals surface area (Å²) in [4.78, 5) is 2.42. The van der Waals surface area contributed by atoms with Gasteiger partial charge in [-0.1, -0.05) is 12.5 Å². The van der Waals surface area contributed by atoms with Gasteiger partial charge >= 0.3 is 0 Å². The summed E-state index contributed by atoms with van der Waals surface area (Å²) in [5.74, 6) is 1.52. The van der Waals surface area contributed by atoms with E-state index in [1.54, 1.807) is 0 Å². The Morgan fingerprint density at radius 3 is 2.52 bits per heavy atom. The lowest BCUT2D eigenvalue weighted by molar-refractivity contribution is 0.0409. The molecular formula is C17H25NO3. The van der Waals surface area contributed by atoms with E-state index in [4.69, 9.17) is 9.47 Å². The highest BCUT2D eigenvalue weighted by Gasteiger charge is 2.27. The van der Waals surface area contributed by atoms with E-state index in [-0.39, 0.29) is 0 Å². The molecule has 4 nitrogen and oxygen atoms in total. The molecule has 0 aromatic heterocycles. The summed E-state index contributed by atoms with van der Waals surface area (Å²) in [7, 11) is 0. The van der Waals surface area contributed by atoms with Crippen molar-refractivity contribution >= 4 is 0 Å². The number of piperidine rings is 1. The minimum absolute atomic E-state index is 0.483. The van der Waals surface area contributed by atoms with Gasteiger partial charge in [0, 0.05) is 18.6 Å². The first-order valence-electron chi connectivity index (χ1n) is 7.98. The molecule has 1 unspecified atom stereocenters. The maximum absolute atomic E-state index is 10.6. The number of hydrogen-bond acceptors (Lipinski definition) is 4. The maximum Gasteiger partial charge on any atom is 0.161 e. The third-order valence-electron chi connectivity index (χ3n) is 4.71. The van der Waals surface area contributed by atoms with Crippen LogP contribution in [0.3, 0.4) is 0 Å². The molecule has 0 amide bonds. The Hall–Kier alpha value is -1.26. The molecule has 3 rings (SSSR count). The lowest BCUT2D eigenvalue weighted by Gasteiger charge is -2.40. The van der Waals surface area contributed by atoms with Crippen LogP contribution in [0.15, 0.2) is 18.2 Å². The van der Waals surface area contributed by atoms with Crippen LogP contribution in [-0.2, 0) is 0 Å². The number of aliphatic hydroxyl groups is 1. The monoisotopic (exact) mass is 291 g/mol. The molecule has 1 saturated heterocycles. The number of benzene rings is 1. The van der Waals surface area contributed by atoms with Crippen molar-refractivity contribution in [1.82, 2.24) is 4.90 Å². The Morgan fingerprint density at radius 1 is 1.14 bits per heavy atom. The Bertz CT molecular complexity index is 481. The van der Waals surface area contributed by atoms with E-state index in [2.05, 4.69) is 18.7 Å². The second kappa shape index (κ2) is 6.24. The van der Waals surface area contributed by atoms with Crippen molar-refractivity contribution in [1.29, 1.82) is 0 Å². The number of hydrogen-bond donors (Lipinski definition) is 1. The third kappa shape index (κ3) is 3.16. The van der Waals surface area contributed by atoms with Gasteiger partial charge in [0.25, 0.3) is 0 Å². The van der Waals surface area contributed by atoms with Gasteiger partial charge in [0.2, 0.25) is 0 Å². The molecule has 1 fully saturated rings. The zero-order chi connectivity index (χ0) is 14.8. The van der Waals surface area contributed by atoms with Crippen molar-refractivity contribution in [3.8, 4) is 11.5 Å². The van der Waals surface area contributed by atoms with E-state index in [1.807, 2.05) is 18.2 Å². The molecule has 2 aliphatic rings. The Labute approximate surface area is 126 Å². The van der Waals surface area contributed by atoms with Crippen molar-refractivity contribution in [3.63, 3.8) is 0 Å². The molecule has 0 spiro atoms. The number of rotatable bonds is 3. The molecule has 2 heterocycles. The second-order valence-electron chi connectivity index (χ2n) is 6.24. The molecule has 0 aliphatic carbocycles. The van der Waals surface area contributed by atoms with Crippen LogP contribution in [0.2, 0.25) is 0 Å². The molecular weight excluding hydrogens is 266 g/mol. The zero-order valence-corrected chi connectivity index (χ0v) is 12.9. The van der Waals surface area contributed by atoms with Gasteiger partial charge in [-0.05, 0) is 44.4 Å². The Kier molecular flexibility index (Phi) is 4.36. The van der Waals surface area contributed by atoms with Crippen LogP contribution < -0.4 is 9.47 Å². The summed E-state index contributed by atoms with van der Waals surface area (Å²) in [6.45, 7) is 6.37. The fourth-order valence-electron chi connectivity index (χ4n) is 3.41. The van der Waals surface area contributed by atoms with Gasteiger partial charge in [-0.2, -0.15) is 0 Å². The topological polar surface area (TPSA) is 41.9 Å². The SMILES string of the molecule is C[C@@H]1CCC[C@H](C)N1CC(O)c1ccc2c(c1)OCCO2. The quantitative estimate of drug-likeness (QED) is 0.930. The predicted molar refractivity (Wildman–Crippen MR) is 81.9 cm³/mol. The van der Waals surface area contributed by atoms with Crippen LogP contribution >= 0.6 is 0 Å². The maximum atomic E-state index is 10.6. The molecule has 0 bridgehead atoms. The van der Waals surface area contributed by atoms with E-state index in [0.717, 1.165) is 17.1 Å². The van der Waals surface area contributed by atoms with E-state index in [1.165, 1.54) is 19.3 Å². The van der Waals surface area contributed by atoms with Crippen LogP contribution in [-0.4, -0.2) is 41.8 Å². The van der Waals surface area contributed by atoms with Crippen LogP contribution in [0.1, 0.15) is 44.8 Å². The van der Waals surface area contributed by atoms with Crippen molar-refractivity contribution in [2.75, 3.05) is 19.8 Å². The summed E-state index contributed by atoms with van der Waals surface area (Å²) in [5.41, 5.74) is 0.907. The molecule has 2 aliphatic heterocycles. The number of nitrogens with zero attached hydrogens (tertiary/aromatic N) is 1. The van der Waals surface area contributed by atoms with Gasteiger partial charge in [0.05, 0.1) is 6.10 Å². The van der Waals surface area contributed by atoms with E-state index < -0.39 is 6.10 Å². The molecule has 116 valence electrons. The summed E-state index contributed by atoms with van der Waals surface area (Å²) >= 11 is 0. The molecule has 3 atom stereocenters. The minimum Gasteiger partial charge on any atom is -0.486 e. The van der Waals surface area contributed by atoms with Gasteiger partial charge in [-0.15, -0.1) is 0 Å². The van der Waals surface area contributed by atoms with Crippen molar-refractivity contribution in [3.05, 3.63) is 23.8 Å². The highest BCUT2D eigenvalue weighted by Crippen LogP contribution is 2.33. The normalized spacial score (nSPS) is 27.4. The minimum atomic E-state index is -0.483. The Balaban J connectivity index is 1.71. The summed E-state index contributed by atoms with van der Waals surface area (Å²) in [5, 5.41) is 10.6. The zero-order valence-electron chi connectivity index (χ0n) is 12.9. The smallest absolute Gasteiger partial charge is 0.161 e. The number of ether oxygens (including phenoxy) is 2. The van der Waals surface area contributed by atoms with E-state index in [9.17, 15) is 5.11 Å². The lowest BCUT2D eigenvalue weighted by Crippen LogP contribution is -2.45. The van der Waals surface area contributed by atoms with Crippen LogP contribution in [0, 0.1) is 0 Å². The van der Waals surface area contributed by atoms with Crippen molar-refractivity contribution < 1.29 is 14.6 Å². The highest BCUT2D eigenvalue weighted by atomic mass is 16.6. The first-order chi connectivity index (χ1) is 10.1. The molecule has 0 saturated carbocycles.